The third kappa shape index (κ3) is 5.07. The number of hydrogen-bond donors (Lipinski definition) is 1. The number of esters is 1. The fourth-order valence-electron chi connectivity index (χ4n) is 2.64. The molecule has 0 saturated heterocycles. The molecule has 17 heavy (non-hydrogen) atoms. The first-order chi connectivity index (χ1) is 8.15. The van der Waals surface area contributed by atoms with Gasteiger partial charge in [-0.25, -0.2) is 0 Å². The van der Waals surface area contributed by atoms with Gasteiger partial charge < -0.3 is 10.1 Å². The zero-order chi connectivity index (χ0) is 12.7. The average molecular weight is 241 g/mol. The highest BCUT2D eigenvalue weighted by molar-refractivity contribution is 5.75. The molecular formula is C14H27NO2. The molecule has 1 fully saturated rings. The van der Waals surface area contributed by atoms with Gasteiger partial charge in [0, 0.05) is 0 Å². The van der Waals surface area contributed by atoms with Crippen LogP contribution in [0.3, 0.4) is 0 Å². The molecule has 0 aromatic carbocycles. The van der Waals surface area contributed by atoms with Gasteiger partial charge in [-0.3, -0.25) is 4.79 Å². The Bertz CT molecular complexity index is 222. The fraction of sp³-hybridized carbons (Fsp3) is 0.929. The van der Waals surface area contributed by atoms with Crippen LogP contribution in [-0.4, -0.2) is 25.7 Å². The quantitative estimate of drug-likeness (QED) is 0.727. The lowest BCUT2D eigenvalue weighted by Gasteiger charge is -2.24. The van der Waals surface area contributed by atoms with E-state index in [4.69, 9.17) is 4.74 Å². The summed E-state index contributed by atoms with van der Waals surface area (Å²) in [5, 5.41) is 3.34. The van der Waals surface area contributed by atoms with Gasteiger partial charge in [0.2, 0.25) is 0 Å². The molecule has 0 aromatic heterocycles. The molecule has 0 heterocycles. The van der Waals surface area contributed by atoms with Crippen molar-refractivity contribution >= 4 is 5.97 Å². The van der Waals surface area contributed by atoms with Crippen molar-refractivity contribution in [3.8, 4) is 0 Å². The summed E-state index contributed by atoms with van der Waals surface area (Å²) in [5.41, 5.74) is 0. The molecular weight excluding hydrogens is 214 g/mol. The van der Waals surface area contributed by atoms with Crippen LogP contribution in [0.2, 0.25) is 0 Å². The van der Waals surface area contributed by atoms with Gasteiger partial charge in [0.15, 0.2) is 0 Å². The number of carbonyl (C=O) groups is 1. The second kappa shape index (κ2) is 7.70. The summed E-state index contributed by atoms with van der Waals surface area (Å²) in [4.78, 5) is 11.6. The Morgan fingerprint density at radius 2 is 1.94 bits per heavy atom. The number of ether oxygens (including phenoxy) is 1. The zero-order valence-electron chi connectivity index (χ0n) is 11.5. The van der Waals surface area contributed by atoms with Crippen LogP contribution in [0.5, 0.6) is 0 Å². The molecule has 0 aliphatic heterocycles. The first-order valence-electron chi connectivity index (χ1n) is 6.96. The van der Waals surface area contributed by atoms with E-state index in [1.165, 1.54) is 45.6 Å². The van der Waals surface area contributed by atoms with Gasteiger partial charge in [-0.05, 0) is 24.8 Å². The minimum absolute atomic E-state index is 0.136. The van der Waals surface area contributed by atoms with Crippen molar-refractivity contribution in [1.82, 2.24) is 5.32 Å². The van der Waals surface area contributed by atoms with E-state index in [-0.39, 0.29) is 17.9 Å². The second-order valence-electron chi connectivity index (χ2n) is 5.49. The lowest BCUT2D eigenvalue weighted by Crippen LogP contribution is -2.42. The number of carbonyl (C=O) groups excluding carboxylic acids is 1. The van der Waals surface area contributed by atoms with E-state index in [9.17, 15) is 4.79 Å². The zero-order valence-corrected chi connectivity index (χ0v) is 11.5. The van der Waals surface area contributed by atoms with E-state index in [1.807, 2.05) is 0 Å². The molecule has 0 aromatic rings. The lowest BCUT2D eigenvalue weighted by molar-refractivity contribution is -0.144. The average Bonchev–Trinajstić information content (AvgIpc) is 2.34. The monoisotopic (exact) mass is 241 g/mol. The van der Waals surface area contributed by atoms with E-state index < -0.39 is 0 Å². The molecule has 1 rings (SSSR count). The maximum atomic E-state index is 11.6. The Hall–Kier alpha value is -0.570. The van der Waals surface area contributed by atoms with Crippen molar-refractivity contribution < 1.29 is 9.53 Å². The highest BCUT2D eigenvalue weighted by Gasteiger charge is 2.22. The predicted octanol–water partition coefficient (Wildman–Crippen LogP) is 2.74. The molecule has 0 radical (unpaired) electrons. The third-order valence-corrected chi connectivity index (χ3v) is 3.76. The topological polar surface area (TPSA) is 38.3 Å². The minimum atomic E-state index is -0.149. The summed E-state index contributed by atoms with van der Waals surface area (Å²) in [6, 6.07) is -0.149. The molecule has 1 aliphatic carbocycles. The van der Waals surface area contributed by atoms with Crippen LogP contribution in [0.4, 0.5) is 0 Å². The molecule has 3 nitrogen and oxygen atoms in total. The minimum Gasteiger partial charge on any atom is -0.468 e. The summed E-state index contributed by atoms with van der Waals surface area (Å²) < 4.78 is 4.81. The van der Waals surface area contributed by atoms with Crippen molar-refractivity contribution in [3.05, 3.63) is 0 Å². The van der Waals surface area contributed by atoms with Gasteiger partial charge in [0.05, 0.1) is 7.11 Å². The van der Waals surface area contributed by atoms with Crippen LogP contribution in [-0.2, 0) is 9.53 Å². The van der Waals surface area contributed by atoms with Gasteiger partial charge in [-0.1, -0.05) is 46.0 Å². The van der Waals surface area contributed by atoms with Crippen LogP contribution in [0.25, 0.3) is 0 Å². The van der Waals surface area contributed by atoms with Crippen molar-refractivity contribution in [2.24, 2.45) is 11.8 Å². The molecule has 1 saturated carbocycles. The largest absolute Gasteiger partial charge is 0.468 e. The molecule has 1 atom stereocenters. The van der Waals surface area contributed by atoms with Crippen LogP contribution < -0.4 is 5.32 Å². The fourth-order valence-corrected chi connectivity index (χ4v) is 2.64. The Balaban J connectivity index is 2.24. The highest BCUT2D eigenvalue weighted by atomic mass is 16.5. The summed E-state index contributed by atoms with van der Waals surface area (Å²) in [5.74, 6) is 1.01. The molecule has 0 amide bonds. The maximum absolute atomic E-state index is 11.6. The second-order valence-corrected chi connectivity index (χ2v) is 5.49. The molecule has 0 spiro atoms. The summed E-state index contributed by atoms with van der Waals surface area (Å²) >= 11 is 0. The lowest BCUT2D eigenvalue weighted by atomic mass is 9.87. The van der Waals surface area contributed by atoms with Gasteiger partial charge in [0.25, 0.3) is 0 Å². The normalized spacial score (nSPS) is 19.3. The van der Waals surface area contributed by atoms with Crippen molar-refractivity contribution in [2.45, 2.75) is 58.4 Å². The molecule has 0 bridgehead atoms. The highest BCUT2D eigenvalue weighted by Crippen LogP contribution is 2.25. The Morgan fingerprint density at radius 1 is 1.29 bits per heavy atom. The summed E-state index contributed by atoms with van der Waals surface area (Å²) in [6.07, 6.45) is 8.10. The molecule has 100 valence electrons. The Labute approximate surface area is 105 Å². The van der Waals surface area contributed by atoms with Crippen molar-refractivity contribution in [2.75, 3.05) is 13.7 Å². The van der Waals surface area contributed by atoms with E-state index in [2.05, 4.69) is 19.2 Å². The molecule has 1 aliphatic rings. The smallest absolute Gasteiger partial charge is 0.323 e. The number of nitrogens with one attached hydrogen (secondary N) is 1. The van der Waals surface area contributed by atoms with Gasteiger partial charge >= 0.3 is 5.97 Å². The van der Waals surface area contributed by atoms with Gasteiger partial charge in [0.1, 0.15) is 6.04 Å². The summed E-state index contributed by atoms with van der Waals surface area (Å²) in [7, 11) is 1.46. The maximum Gasteiger partial charge on any atom is 0.323 e. The molecule has 0 unspecified atom stereocenters. The van der Waals surface area contributed by atoms with E-state index in [1.54, 1.807) is 0 Å². The Kier molecular flexibility index (Phi) is 6.56. The van der Waals surface area contributed by atoms with Gasteiger partial charge in [-0.2, -0.15) is 0 Å². The molecule has 1 N–H and O–H groups in total. The SMILES string of the molecule is COC(=O)[C@@H](NCCC1CCCCC1)C(C)C. The van der Waals surface area contributed by atoms with E-state index >= 15 is 0 Å². The van der Waals surface area contributed by atoms with Crippen LogP contribution >= 0.6 is 0 Å². The Morgan fingerprint density at radius 3 is 2.47 bits per heavy atom. The predicted molar refractivity (Wildman–Crippen MR) is 69.8 cm³/mol. The third-order valence-electron chi connectivity index (χ3n) is 3.76. The standard InChI is InChI=1S/C14H27NO2/c1-11(2)13(14(16)17-3)15-10-9-12-7-5-4-6-8-12/h11-13,15H,4-10H2,1-3H3/t13-/m0/s1. The van der Waals surface area contributed by atoms with Gasteiger partial charge in [-0.15, -0.1) is 0 Å². The van der Waals surface area contributed by atoms with Crippen LogP contribution in [0.1, 0.15) is 52.4 Å². The van der Waals surface area contributed by atoms with Crippen molar-refractivity contribution in [1.29, 1.82) is 0 Å². The van der Waals surface area contributed by atoms with Crippen LogP contribution in [0, 0.1) is 11.8 Å². The number of hydrogen-bond acceptors (Lipinski definition) is 3. The first-order valence-corrected chi connectivity index (χ1v) is 6.96. The van der Waals surface area contributed by atoms with E-state index in [0.29, 0.717) is 0 Å². The van der Waals surface area contributed by atoms with Crippen LogP contribution in [0.15, 0.2) is 0 Å². The number of rotatable bonds is 6. The molecule has 3 heteroatoms. The van der Waals surface area contributed by atoms with Crippen molar-refractivity contribution in [3.63, 3.8) is 0 Å². The number of methoxy groups -OCH3 is 1. The first kappa shape index (κ1) is 14.5. The summed E-state index contributed by atoms with van der Waals surface area (Å²) in [6.45, 7) is 5.03. The van der Waals surface area contributed by atoms with E-state index in [0.717, 1.165) is 12.5 Å².